The van der Waals surface area contributed by atoms with E-state index < -0.39 is 6.10 Å². The lowest BCUT2D eigenvalue weighted by atomic mass is 10.2. The number of ether oxygens (including phenoxy) is 1. The second-order valence-corrected chi connectivity index (χ2v) is 5.20. The summed E-state index contributed by atoms with van der Waals surface area (Å²) in [7, 11) is 1.48. The molecule has 0 aliphatic rings. The molecule has 1 atom stereocenters. The van der Waals surface area contributed by atoms with E-state index in [4.69, 9.17) is 4.74 Å². The van der Waals surface area contributed by atoms with E-state index >= 15 is 0 Å². The Balaban J connectivity index is 2.05. The lowest BCUT2D eigenvalue weighted by molar-refractivity contribution is 0.0611. The van der Waals surface area contributed by atoms with Crippen LogP contribution in [-0.2, 0) is 4.74 Å². The largest absolute Gasteiger partial charge is 0.389 e. The number of fused-ring (bicyclic) bond motifs is 1. The number of amides is 1. The van der Waals surface area contributed by atoms with Crippen LogP contribution in [0.15, 0.2) is 24.3 Å². The van der Waals surface area contributed by atoms with E-state index in [0.29, 0.717) is 10.3 Å². The molecule has 0 saturated heterocycles. The smallest absolute Gasteiger partial charge is 0.261 e. The molecule has 0 bridgehead atoms. The maximum absolute atomic E-state index is 13.0. The first kappa shape index (κ1) is 13.9. The second kappa shape index (κ2) is 6.10. The summed E-state index contributed by atoms with van der Waals surface area (Å²) in [5.74, 6) is -0.607. The molecule has 1 unspecified atom stereocenters. The third-order valence-electron chi connectivity index (χ3n) is 2.56. The van der Waals surface area contributed by atoms with E-state index in [1.54, 1.807) is 12.1 Å². The number of nitrogens with one attached hydrogen (secondary N) is 1. The molecule has 0 aliphatic carbocycles. The molecule has 0 radical (unpaired) electrons. The number of aliphatic hydroxyl groups excluding tert-OH is 1. The van der Waals surface area contributed by atoms with Crippen LogP contribution in [0.3, 0.4) is 0 Å². The first-order chi connectivity index (χ1) is 9.10. The SMILES string of the molecule is COCC(O)CNC(=O)c1cc2cc(F)ccc2s1. The third kappa shape index (κ3) is 3.50. The van der Waals surface area contributed by atoms with Gasteiger partial charge in [-0.1, -0.05) is 0 Å². The summed E-state index contributed by atoms with van der Waals surface area (Å²) in [5, 5.41) is 12.7. The van der Waals surface area contributed by atoms with Crippen LogP contribution in [0, 0.1) is 5.82 Å². The van der Waals surface area contributed by atoms with Gasteiger partial charge in [-0.05, 0) is 29.7 Å². The Morgan fingerprint density at radius 2 is 2.32 bits per heavy atom. The Hall–Kier alpha value is -1.50. The Labute approximate surface area is 113 Å². The van der Waals surface area contributed by atoms with E-state index in [2.05, 4.69) is 5.32 Å². The second-order valence-electron chi connectivity index (χ2n) is 4.11. The van der Waals surface area contributed by atoms with E-state index in [1.165, 1.54) is 30.6 Å². The number of aliphatic hydroxyl groups is 1. The average molecular weight is 283 g/mol. The predicted octanol–water partition coefficient (Wildman–Crippen LogP) is 1.78. The molecule has 19 heavy (non-hydrogen) atoms. The Kier molecular flexibility index (Phi) is 4.47. The molecule has 102 valence electrons. The van der Waals surface area contributed by atoms with Crippen LogP contribution in [-0.4, -0.2) is 37.4 Å². The minimum absolute atomic E-state index is 0.120. The lowest BCUT2D eigenvalue weighted by Gasteiger charge is -2.09. The molecule has 2 rings (SSSR count). The van der Waals surface area contributed by atoms with Crippen LogP contribution in [0.2, 0.25) is 0 Å². The van der Waals surface area contributed by atoms with Gasteiger partial charge >= 0.3 is 0 Å². The van der Waals surface area contributed by atoms with Crippen LogP contribution in [0.1, 0.15) is 9.67 Å². The monoisotopic (exact) mass is 283 g/mol. The Morgan fingerprint density at radius 3 is 3.05 bits per heavy atom. The van der Waals surface area contributed by atoms with E-state index in [1.807, 2.05) is 0 Å². The summed E-state index contributed by atoms with van der Waals surface area (Å²) in [4.78, 5) is 12.4. The van der Waals surface area contributed by atoms with Crippen LogP contribution in [0.4, 0.5) is 4.39 Å². The fourth-order valence-electron chi connectivity index (χ4n) is 1.68. The molecule has 1 heterocycles. The van der Waals surface area contributed by atoms with Gasteiger partial charge in [0.1, 0.15) is 5.82 Å². The molecule has 1 aromatic carbocycles. The van der Waals surface area contributed by atoms with E-state index in [0.717, 1.165) is 4.70 Å². The summed E-state index contributed by atoms with van der Waals surface area (Å²) in [6.45, 7) is 0.285. The maximum atomic E-state index is 13.0. The van der Waals surface area contributed by atoms with Gasteiger partial charge in [-0.3, -0.25) is 4.79 Å². The van der Waals surface area contributed by atoms with Gasteiger partial charge in [0.25, 0.3) is 5.91 Å². The number of thiophene rings is 1. The summed E-state index contributed by atoms with van der Waals surface area (Å²) in [6, 6.07) is 6.04. The van der Waals surface area contributed by atoms with Crippen molar-refractivity contribution >= 4 is 27.3 Å². The number of methoxy groups -OCH3 is 1. The number of halogens is 1. The van der Waals surface area contributed by atoms with Gasteiger partial charge in [-0.15, -0.1) is 11.3 Å². The van der Waals surface area contributed by atoms with E-state index in [9.17, 15) is 14.3 Å². The fourth-order valence-corrected chi connectivity index (χ4v) is 2.63. The third-order valence-corrected chi connectivity index (χ3v) is 3.67. The molecule has 4 nitrogen and oxygen atoms in total. The quantitative estimate of drug-likeness (QED) is 0.879. The standard InChI is InChI=1S/C13H14FNO3S/c1-18-7-10(16)6-15-13(17)12-5-8-4-9(14)2-3-11(8)19-12/h2-5,10,16H,6-7H2,1H3,(H,15,17). The molecule has 6 heteroatoms. The van der Waals surface area contributed by atoms with Crippen molar-refractivity contribution in [2.24, 2.45) is 0 Å². The molecule has 0 fully saturated rings. The van der Waals surface area contributed by atoms with Crippen molar-refractivity contribution in [1.82, 2.24) is 5.32 Å². The zero-order valence-electron chi connectivity index (χ0n) is 10.4. The van der Waals surface area contributed by atoms with Gasteiger partial charge in [0.05, 0.1) is 17.6 Å². The molecule has 0 aliphatic heterocycles. The first-order valence-corrected chi connectivity index (χ1v) is 6.56. The topological polar surface area (TPSA) is 58.6 Å². The van der Waals surface area contributed by atoms with Crippen LogP contribution in [0.5, 0.6) is 0 Å². The molecule has 2 N–H and O–H groups in total. The normalized spacial score (nSPS) is 12.6. The van der Waals surface area contributed by atoms with Gasteiger partial charge in [-0.2, -0.15) is 0 Å². The molecule has 1 aromatic heterocycles. The molecular weight excluding hydrogens is 269 g/mol. The van der Waals surface area contributed by atoms with Crippen molar-refractivity contribution in [3.05, 3.63) is 35.0 Å². The zero-order valence-corrected chi connectivity index (χ0v) is 11.2. The van der Waals surface area contributed by atoms with E-state index in [-0.39, 0.29) is 24.9 Å². The average Bonchev–Trinajstić information content (AvgIpc) is 2.79. The van der Waals surface area contributed by atoms with Crippen LogP contribution >= 0.6 is 11.3 Å². The maximum Gasteiger partial charge on any atom is 0.261 e. The highest BCUT2D eigenvalue weighted by atomic mass is 32.1. The molecule has 2 aromatic rings. The zero-order chi connectivity index (χ0) is 13.8. The number of rotatable bonds is 5. The minimum atomic E-state index is -0.735. The van der Waals surface area contributed by atoms with Gasteiger partial charge in [0.2, 0.25) is 0 Å². The highest BCUT2D eigenvalue weighted by molar-refractivity contribution is 7.20. The van der Waals surface area contributed by atoms with Crippen molar-refractivity contribution in [2.75, 3.05) is 20.3 Å². The lowest BCUT2D eigenvalue weighted by Crippen LogP contribution is -2.33. The van der Waals surface area contributed by atoms with Crippen LogP contribution < -0.4 is 5.32 Å². The van der Waals surface area contributed by atoms with Crippen molar-refractivity contribution in [1.29, 1.82) is 0 Å². The van der Waals surface area contributed by atoms with Gasteiger partial charge in [0.15, 0.2) is 0 Å². The summed E-state index contributed by atoms with van der Waals surface area (Å²) in [6.07, 6.45) is -0.735. The number of hydrogen-bond acceptors (Lipinski definition) is 4. The molecule has 1 amide bonds. The number of hydrogen-bond donors (Lipinski definition) is 2. The van der Waals surface area contributed by atoms with Crippen molar-refractivity contribution in [2.45, 2.75) is 6.10 Å². The van der Waals surface area contributed by atoms with Crippen molar-refractivity contribution in [3.63, 3.8) is 0 Å². The minimum Gasteiger partial charge on any atom is -0.389 e. The van der Waals surface area contributed by atoms with Crippen molar-refractivity contribution in [3.8, 4) is 0 Å². The number of carbonyl (C=O) groups excluding carboxylic acids is 1. The summed E-state index contributed by atoms with van der Waals surface area (Å²) < 4.78 is 18.7. The van der Waals surface area contributed by atoms with Gasteiger partial charge < -0.3 is 15.2 Å². The molecule has 0 spiro atoms. The molecule has 0 saturated carbocycles. The summed E-state index contributed by atoms with van der Waals surface area (Å²) >= 11 is 1.29. The number of carbonyl (C=O) groups is 1. The predicted molar refractivity (Wildman–Crippen MR) is 72.0 cm³/mol. The van der Waals surface area contributed by atoms with Gasteiger partial charge in [-0.25, -0.2) is 4.39 Å². The Morgan fingerprint density at radius 1 is 1.53 bits per heavy atom. The molecular formula is C13H14FNO3S. The Bertz CT molecular complexity index is 584. The van der Waals surface area contributed by atoms with Gasteiger partial charge in [0, 0.05) is 18.4 Å². The van der Waals surface area contributed by atoms with Crippen LogP contribution in [0.25, 0.3) is 10.1 Å². The fraction of sp³-hybridized carbons (Fsp3) is 0.308. The first-order valence-electron chi connectivity index (χ1n) is 5.74. The highest BCUT2D eigenvalue weighted by Gasteiger charge is 2.12. The summed E-state index contributed by atoms with van der Waals surface area (Å²) in [5.41, 5.74) is 0. The number of benzene rings is 1. The van der Waals surface area contributed by atoms with Crippen molar-refractivity contribution < 1.29 is 19.0 Å². The highest BCUT2D eigenvalue weighted by Crippen LogP contribution is 2.26.